The monoisotopic (exact) mass is 443 g/mol. The molecule has 4 rings (SSSR count). The van der Waals surface area contributed by atoms with Crippen LogP contribution >= 0.6 is 0 Å². The van der Waals surface area contributed by atoms with E-state index in [9.17, 15) is 8.42 Å². The molecule has 10 heteroatoms. The highest BCUT2D eigenvalue weighted by molar-refractivity contribution is 7.92. The molecule has 31 heavy (non-hydrogen) atoms. The third-order valence-corrected chi connectivity index (χ3v) is 7.29. The number of hydrogen-bond acceptors (Lipinski definition) is 6. The lowest BCUT2D eigenvalue weighted by atomic mass is 10.2. The Morgan fingerprint density at radius 3 is 2.55 bits per heavy atom. The molecule has 0 spiro atoms. The first-order valence-electron chi connectivity index (χ1n) is 10.7. The van der Waals surface area contributed by atoms with Crippen molar-refractivity contribution in [3.05, 3.63) is 48.3 Å². The van der Waals surface area contributed by atoms with Crippen LogP contribution in [0.4, 0.5) is 11.6 Å². The van der Waals surface area contributed by atoms with Crippen molar-refractivity contribution in [1.82, 2.24) is 20.2 Å². The van der Waals surface area contributed by atoms with E-state index in [2.05, 4.69) is 30.1 Å². The maximum Gasteiger partial charge on any atom is 0.237 e. The Bertz CT molecular complexity index is 1010. The average molecular weight is 444 g/mol. The van der Waals surface area contributed by atoms with Crippen LogP contribution in [-0.2, 0) is 16.4 Å². The van der Waals surface area contributed by atoms with Crippen molar-refractivity contribution in [3.8, 4) is 0 Å². The van der Waals surface area contributed by atoms with Gasteiger partial charge < -0.3 is 15.1 Å². The van der Waals surface area contributed by atoms with Gasteiger partial charge in [0.25, 0.3) is 0 Å². The first-order chi connectivity index (χ1) is 15.1. The summed E-state index contributed by atoms with van der Waals surface area (Å²) in [5, 5.41) is 3.30. The van der Waals surface area contributed by atoms with Gasteiger partial charge in [0, 0.05) is 51.7 Å². The summed E-state index contributed by atoms with van der Waals surface area (Å²) in [7, 11) is -3.40. The van der Waals surface area contributed by atoms with E-state index in [-0.39, 0.29) is 12.3 Å². The number of sulfonamides is 1. The van der Waals surface area contributed by atoms with Crippen LogP contribution in [0.3, 0.4) is 0 Å². The van der Waals surface area contributed by atoms with Gasteiger partial charge in [-0.3, -0.25) is 9.30 Å². The van der Waals surface area contributed by atoms with Gasteiger partial charge in [0.05, 0.1) is 18.0 Å². The normalized spacial score (nSPS) is 17.1. The van der Waals surface area contributed by atoms with Crippen LogP contribution in [0.5, 0.6) is 0 Å². The minimum absolute atomic E-state index is 0.00590. The van der Waals surface area contributed by atoms with Gasteiger partial charge in [0.1, 0.15) is 0 Å². The molecule has 9 nitrogen and oxygen atoms in total. The summed E-state index contributed by atoms with van der Waals surface area (Å²) < 4.78 is 27.4. The van der Waals surface area contributed by atoms with Crippen LogP contribution in [0.1, 0.15) is 12.5 Å². The second-order valence-electron chi connectivity index (χ2n) is 7.53. The van der Waals surface area contributed by atoms with Crippen LogP contribution in [-0.4, -0.2) is 80.8 Å². The van der Waals surface area contributed by atoms with Crippen molar-refractivity contribution in [2.24, 2.45) is 4.99 Å². The molecule has 0 saturated carbocycles. The van der Waals surface area contributed by atoms with Gasteiger partial charge in [-0.1, -0.05) is 18.2 Å². The van der Waals surface area contributed by atoms with E-state index >= 15 is 0 Å². The zero-order valence-corrected chi connectivity index (χ0v) is 18.6. The zero-order chi connectivity index (χ0) is 21.7. The summed E-state index contributed by atoms with van der Waals surface area (Å²) in [6.45, 7) is 6.61. The molecule has 0 radical (unpaired) electrons. The molecule has 0 amide bonds. The Morgan fingerprint density at radius 1 is 1.06 bits per heavy atom. The van der Waals surface area contributed by atoms with Crippen molar-refractivity contribution in [2.45, 2.75) is 13.3 Å². The molecule has 1 aromatic carbocycles. The molecule has 2 aromatic rings. The van der Waals surface area contributed by atoms with Crippen molar-refractivity contribution >= 4 is 27.6 Å². The number of rotatable bonds is 6. The van der Waals surface area contributed by atoms with Gasteiger partial charge in [-0.15, -0.1) is 0 Å². The smallest absolute Gasteiger partial charge is 0.237 e. The fourth-order valence-corrected chi connectivity index (χ4v) is 5.36. The van der Waals surface area contributed by atoms with E-state index in [1.807, 2.05) is 37.3 Å². The lowest BCUT2D eigenvalue weighted by Crippen LogP contribution is -2.53. The van der Waals surface area contributed by atoms with E-state index in [4.69, 9.17) is 0 Å². The van der Waals surface area contributed by atoms with Gasteiger partial charge in [-0.05, 0) is 31.0 Å². The second kappa shape index (κ2) is 9.51. The Morgan fingerprint density at radius 2 is 1.81 bits per heavy atom. The third kappa shape index (κ3) is 4.90. The van der Waals surface area contributed by atoms with Crippen molar-refractivity contribution in [1.29, 1.82) is 0 Å². The first kappa shape index (κ1) is 21.4. The predicted molar refractivity (Wildman–Crippen MR) is 123 cm³/mol. The maximum absolute atomic E-state index is 12.9. The van der Waals surface area contributed by atoms with Crippen molar-refractivity contribution in [3.63, 3.8) is 0 Å². The number of anilines is 2. The van der Waals surface area contributed by atoms with Crippen LogP contribution in [0.25, 0.3) is 0 Å². The van der Waals surface area contributed by atoms with E-state index < -0.39 is 10.0 Å². The molecule has 1 fully saturated rings. The van der Waals surface area contributed by atoms with Gasteiger partial charge in [0.15, 0.2) is 5.96 Å². The Kier molecular flexibility index (Phi) is 6.55. The van der Waals surface area contributed by atoms with Crippen LogP contribution in [0, 0.1) is 0 Å². The van der Waals surface area contributed by atoms with Crippen molar-refractivity contribution in [2.75, 3.05) is 60.8 Å². The summed E-state index contributed by atoms with van der Waals surface area (Å²) in [6, 6.07) is 9.51. The van der Waals surface area contributed by atoms with Gasteiger partial charge >= 0.3 is 0 Å². The Balaban J connectivity index is 1.36. The topological polar surface area (TPSA) is 94.0 Å². The molecule has 1 aromatic heterocycles. The lowest BCUT2D eigenvalue weighted by molar-refractivity contribution is 0.370. The van der Waals surface area contributed by atoms with Gasteiger partial charge in [-0.2, -0.15) is 0 Å². The number of para-hydroxylation sites is 1. The number of piperazine rings is 1. The number of guanidine groups is 1. The molecular formula is C21H29N7O2S. The van der Waals surface area contributed by atoms with Crippen LogP contribution < -0.4 is 14.5 Å². The molecule has 0 bridgehead atoms. The number of aliphatic imine (C=N–C) groups is 1. The number of hydrogen-bond donors (Lipinski definition) is 1. The van der Waals surface area contributed by atoms with E-state index in [1.165, 1.54) is 4.31 Å². The number of nitrogens with zero attached hydrogens (tertiary/aromatic N) is 6. The quantitative estimate of drug-likeness (QED) is 0.525. The van der Waals surface area contributed by atoms with Gasteiger partial charge in [0.2, 0.25) is 16.0 Å². The fourth-order valence-electron chi connectivity index (χ4n) is 3.97. The molecular weight excluding hydrogens is 414 g/mol. The summed E-state index contributed by atoms with van der Waals surface area (Å²) >= 11 is 0. The Hall–Kier alpha value is -2.88. The molecule has 1 saturated heterocycles. The molecule has 2 aliphatic rings. The molecule has 1 N–H and O–H groups in total. The van der Waals surface area contributed by atoms with Crippen LogP contribution in [0.2, 0.25) is 0 Å². The number of fused-ring (bicyclic) bond motifs is 1. The predicted octanol–water partition coefficient (Wildman–Crippen LogP) is 0.957. The summed E-state index contributed by atoms with van der Waals surface area (Å²) in [4.78, 5) is 17.6. The highest BCUT2D eigenvalue weighted by Gasteiger charge is 2.29. The summed E-state index contributed by atoms with van der Waals surface area (Å²) in [6.07, 6.45) is 4.26. The standard InChI is InChI=1S/C21H29N7O2S/c1-2-22-20(26-13-15-27(16-14-26)21-23-9-5-10-24-21)25-11-17-31(29,30)28-12-8-18-6-3-4-7-19(18)28/h3-7,9-10H,2,8,11-17H2,1H3,(H,22,25). The number of nitrogens with one attached hydrogen (secondary N) is 1. The molecule has 0 atom stereocenters. The summed E-state index contributed by atoms with van der Waals surface area (Å²) in [5.41, 5.74) is 1.89. The molecule has 0 aliphatic carbocycles. The molecule has 0 unspecified atom stereocenters. The van der Waals surface area contributed by atoms with E-state index in [0.717, 1.165) is 62.3 Å². The van der Waals surface area contributed by atoms with E-state index in [0.29, 0.717) is 6.54 Å². The largest absolute Gasteiger partial charge is 0.357 e. The first-order valence-corrected chi connectivity index (χ1v) is 12.3. The second-order valence-corrected chi connectivity index (χ2v) is 9.54. The zero-order valence-electron chi connectivity index (χ0n) is 17.8. The molecule has 166 valence electrons. The third-order valence-electron chi connectivity index (χ3n) is 5.54. The molecule has 3 heterocycles. The highest BCUT2D eigenvalue weighted by atomic mass is 32.2. The van der Waals surface area contributed by atoms with Gasteiger partial charge in [-0.25, -0.2) is 18.4 Å². The van der Waals surface area contributed by atoms with Crippen molar-refractivity contribution < 1.29 is 8.42 Å². The SMILES string of the molecule is CCNC(=NCCS(=O)(=O)N1CCc2ccccc21)N1CCN(c2ncccn2)CC1. The minimum Gasteiger partial charge on any atom is -0.357 e. The maximum atomic E-state index is 12.9. The van der Waals surface area contributed by atoms with Crippen LogP contribution in [0.15, 0.2) is 47.7 Å². The highest BCUT2D eigenvalue weighted by Crippen LogP contribution is 2.29. The minimum atomic E-state index is -3.40. The number of aromatic nitrogens is 2. The van der Waals surface area contributed by atoms with E-state index in [1.54, 1.807) is 12.4 Å². The lowest BCUT2D eigenvalue weighted by Gasteiger charge is -2.36. The summed E-state index contributed by atoms with van der Waals surface area (Å²) in [5.74, 6) is 1.49. The molecule has 2 aliphatic heterocycles. The Labute approximate surface area is 183 Å². The fraction of sp³-hybridized carbons (Fsp3) is 0.476. The average Bonchev–Trinajstić information content (AvgIpc) is 3.24. The number of benzene rings is 1.